The topological polar surface area (TPSA) is 59.7 Å². The van der Waals surface area contributed by atoms with E-state index in [1.807, 2.05) is 13.0 Å². The van der Waals surface area contributed by atoms with Gasteiger partial charge in [-0.25, -0.2) is 4.79 Å². The van der Waals surface area contributed by atoms with E-state index in [4.69, 9.17) is 14.3 Å². The minimum atomic E-state index is -0.365. The van der Waals surface area contributed by atoms with Crippen LogP contribution in [0, 0.1) is 5.92 Å². The van der Waals surface area contributed by atoms with E-state index in [0.717, 1.165) is 23.8 Å². The standard InChI is InChI=1S/C15H18O4/c1-10(9-16)3-4-11-7-12-5-6-15(17)19-14(12)8-13(11)18-2/h5-8,10,16H,3-4,9H2,1-2H3. The van der Waals surface area contributed by atoms with Crippen molar-refractivity contribution in [2.45, 2.75) is 19.8 Å². The molecule has 1 aromatic heterocycles. The first-order chi connectivity index (χ1) is 9.13. The van der Waals surface area contributed by atoms with E-state index >= 15 is 0 Å². The molecule has 0 spiro atoms. The highest BCUT2D eigenvalue weighted by molar-refractivity contribution is 5.79. The van der Waals surface area contributed by atoms with Crippen molar-refractivity contribution in [1.82, 2.24) is 0 Å². The highest BCUT2D eigenvalue weighted by Crippen LogP contribution is 2.27. The summed E-state index contributed by atoms with van der Waals surface area (Å²) < 4.78 is 10.5. The van der Waals surface area contributed by atoms with Gasteiger partial charge < -0.3 is 14.3 Å². The van der Waals surface area contributed by atoms with Crippen LogP contribution in [0.4, 0.5) is 0 Å². The lowest BCUT2D eigenvalue weighted by Crippen LogP contribution is -2.03. The summed E-state index contributed by atoms with van der Waals surface area (Å²) >= 11 is 0. The van der Waals surface area contributed by atoms with Gasteiger partial charge in [0.25, 0.3) is 0 Å². The van der Waals surface area contributed by atoms with Gasteiger partial charge in [0.2, 0.25) is 0 Å². The molecule has 0 radical (unpaired) electrons. The number of fused-ring (bicyclic) bond motifs is 1. The molecule has 0 amide bonds. The molecule has 19 heavy (non-hydrogen) atoms. The fraction of sp³-hybridized carbons (Fsp3) is 0.400. The minimum absolute atomic E-state index is 0.185. The Labute approximate surface area is 111 Å². The summed E-state index contributed by atoms with van der Waals surface area (Å²) in [6.07, 6.45) is 1.70. The molecule has 0 bridgehead atoms. The van der Waals surface area contributed by atoms with Crippen LogP contribution in [0.15, 0.2) is 33.5 Å². The van der Waals surface area contributed by atoms with Gasteiger partial charge in [-0.3, -0.25) is 0 Å². The van der Waals surface area contributed by atoms with Crippen LogP contribution in [0.1, 0.15) is 18.9 Å². The lowest BCUT2D eigenvalue weighted by Gasteiger charge is -2.12. The Kier molecular flexibility index (Phi) is 4.22. The van der Waals surface area contributed by atoms with Crippen LogP contribution >= 0.6 is 0 Å². The Bertz CT molecular complexity index is 615. The van der Waals surface area contributed by atoms with Crippen LogP contribution in [0.2, 0.25) is 0 Å². The Hall–Kier alpha value is -1.81. The van der Waals surface area contributed by atoms with Crippen LogP contribution in [-0.2, 0) is 6.42 Å². The maximum absolute atomic E-state index is 11.2. The first-order valence-electron chi connectivity index (χ1n) is 6.35. The van der Waals surface area contributed by atoms with Gasteiger partial charge in [-0.05, 0) is 36.5 Å². The largest absolute Gasteiger partial charge is 0.496 e. The molecule has 102 valence electrons. The van der Waals surface area contributed by atoms with Gasteiger partial charge in [-0.15, -0.1) is 0 Å². The molecule has 2 aromatic rings. The number of aliphatic hydroxyl groups is 1. The Morgan fingerprint density at radius 1 is 1.37 bits per heavy atom. The number of ether oxygens (including phenoxy) is 1. The molecule has 0 aliphatic carbocycles. The maximum Gasteiger partial charge on any atom is 0.336 e. The monoisotopic (exact) mass is 262 g/mol. The third kappa shape index (κ3) is 3.15. The molecule has 0 fully saturated rings. The van der Waals surface area contributed by atoms with Crippen molar-refractivity contribution in [3.63, 3.8) is 0 Å². The zero-order chi connectivity index (χ0) is 13.8. The minimum Gasteiger partial charge on any atom is -0.496 e. The lowest BCUT2D eigenvalue weighted by molar-refractivity contribution is 0.230. The summed E-state index contributed by atoms with van der Waals surface area (Å²) in [4.78, 5) is 11.2. The molecule has 0 saturated heterocycles. The zero-order valence-corrected chi connectivity index (χ0v) is 11.2. The van der Waals surface area contributed by atoms with E-state index < -0.39 is 0 Å². The number of hydrogen-bond donors (Lipinski definition) is 1. The Morgan fingerprint density at radius 3 is 2.84 bits per heavy atom. The molecule has 1 N–H and O–H groups in total. The number of aryl methyl sites for hydroxylation is 1. The van der Waals surface area contributed by atoms with Crippen molar-refractivity contribution in [1.29, 1.82) is 0 Å². The predicted octanol–water partition coefficient (Wildman–Crippen LogP) is 2.36. The summed E-state index contributed by atoms with van der Waals surface area (Å²) in [5.41, 5.74) is 1.23. The van der Waals surface area contributed by atoms with Crippen molar-refractivity contribution >= 4 is 11.0 Å². The van der Waals surface area contributed by atoms with Gasteiger partial charge in [0, 0.05) is 24.1 Å². The first kappa shape index (κ1) is 13.6. The number of benzene rings is 1. The van der Waals surface area contributed by atoms with Gasteiger partial charge in [-0.2, -0.15) is 0 Å². The van der Waals surface area contributed by atoms with Crippen molar-refractivity contribution in [3.8, 4) is 5.75 Å². The molecule has 4 heteroatoms. The predicted molar refractivity (Wildman–Crippen MR) is 73.6 cm³/mol. The van der Waals surface area contributed by atoms with Gasteiger partial charge in [-0.1, -0.05) is 6.92 Å². The number of aliphatic hydroxyl groups excluding tert-OH is 1. The highest BCUT2D eigenvalue weighted by Gasteiger charge is 2.09. The van der Waals surface area contributed by atoms with Crippen LogP contribution in [0.5, 0.6) is 5.75 Å². The van der Waals surface area contributed by atoms with E-state index in [0.29, 0.717) is 11.3 Å². The molecule has 1 aromatic carbocycles. The second kappa shape index (κ2) is 5.89. The van der Waals surface area contributed by atoms with Crippen molar-refractivity contribution in [3.05, 3.63) is 40.2 Å². The number of methoxy groups -OCH3 is 1. The third-order valence-corrected chi connectivity index (χ3v) is 3.24. The highest BCUT2D eigenvalue weighted by atomic mass is 16.5. The second-order valence-electron chi connectivity index (χ2n) is 4.78. The summed E-state index contributed by atoms with van der Waals surface area (Å²) in [7, 11) is 1.60. The molecule has 2 rings (SSSR count). The van der Waals surface area contributed by atoms with E-state index in [1.54, 1.807) is 19.2 Å². The van der Waals surface area contributed by atoms with Crippen LogP contribution < -0.4 is 10.4 Å². The van der Waals surface area contributed by atoms with E-state index in [-0.39, 0.29) is 18.2 Å². The van der Waals surface area contributed by atoms with E-state index in [9.17, 15) is 4.79 Å². The summed E-state index contributed by atoms with van der Waals surface area (Å²) in [6, 6.07) is 6.88. The maximum atomic E-state index is 11.2. The Balaban J connectivity index is 2.36. The number of hydrogen-bond acceptors (Lipinski definition) is 4. The molecule has 1 atom stereocenters. The average Bonchev–Trinajstić information content (AvgIpc) is 2.43. The fourth-order valence-electron chi connectivity index (χ4n) is 2.02. The van der Waals surface area contributed by atoms with E-state index in [2.05, 4.69) is 0 Å². The van der Waals surface area contributed by atoms with Crippen molar-refractivity contribution in [2.24, 2.45) is 5.92 Å². The quantitative estimate of drug-likeness (QED) is 0.840. The molecule has 1 unspecified atom stereocenters. The van der Waals surface area contributed by atoms with Gasteiger partial charge in [0.05, 0.1) is 7.11 Å². The van der Waals surface area contributed by atoms with Crippen molar-refractivity contribution in [2.75, 3.05) is 13.7 Å². The third-order valence-electron chi connectivity index (χ3n) is 3.24. The molecule has 0 aliphatic heterocycles. The molecule has 1 heterocycles. The smallest absolute Gasteiger partial charge is 0.336 e. The average molecular weight is 262 g/mol. The Morgan fingerprint density at radius 2 is 2.16 bits per heavy atom. The van der Waals surface area contributed by atoms with Crippen LogP contribution in [0.3, 0.4) is 0 Å². The fourth-order valence-corrected chi connectivity index (χ4v) is 2.02. The first-order valence-corrected chi connectivity index (χ1v) is 6.35. The summed E-state index contributed by atoms with van der Waals surface area (Å²) in [5.74, 6) is 0.973. The zero-order valence-electron chi connectivity index (χ0n) is 11.2. The van der Waals surface area contributed by atoms with Gasteiger partial charge in [0.15, 0.2) is 0 Å². The SMILES string of the molecule is COc1cc2oc(=O)ccc2cc1CCC(C)CO. The summed E-state index contributed by atoms with van der Waals surface area (Å²) in [6.45, 7) is 2.19. The van der Waals surface area contributed by atoms with Gasteiger partial charge >= 0.3 is 5.63 Å². The molecular formula is C15H18O4. The molecule has 0 aliphatic rings. The normalized spacial score (nSPS) is 12.6. The van der Waals surface area contributed by atoms with Gasteiger partial charge in [0.1, 0.15) is 11.3 Å². The molecule has 4 nitrogen and oxygen atoms in total. The summed E-state index contributed by atoms with van der Waals surface area (Å²) in [5, 5.41) is 9.94. The molecular weight excluding hydrogens is 244 g/mol. The lowest BCUT2D eigenvalue weighted by atomic mass is 10.00. The van der Waals surface area contributed by atoms with Crippen LogP contribution in [-0.4, -0.2) is 18.8 Å². The van der Waals surface area contributed by atoms with Crippen LogP contribution in [0.25, 0.3) is 11.0 Å². The molecule has 0 saturated carbocycles. The van der Waals surface area contributed by atoms with E-state index in [1.165, 1.54) is 6.07 Å². The second-order valence-corrected chi connectivity index (χ2v) is 4.78. The van der Waals surface area contributed by atoms with Crippen molar-refractivity contribution < 1.29 is 14.3 Å². The number of rotatable bonds is 5.